The quantitative estimate of drug-likeness (QED) is 0.573. The van der Waals surface area contributed by atoms with Gasteiger partial charge in [-0.05, 0) is 49.8 Å². The molecule has 0 spiro atoms. The third-order valence-electron chi connectivity index (χ3n) is 4.58. The van der Waals surface area contributed by atoms with Crippen LogP contribution in [0.25, 0.3) is 11.0 Å². The van der Waals surface area contributed by atoms with Crippen LogP contribution >= 0.6 is 27.5 Å². The van der Waals surface area contributed by atoms with Gasteiger partial charge in [0.2, 0.25) is 0 Å². The fourth-order valence-corrected chi connectivity index (χ4v) is 4.13. The molecule has 0 bridgehead atoms. The van der Waals surface area contributed by atoms with E-state index >= 15 is 0 Å². The smallest absolute Gasteiger partial charge is 0.127 e. The van der Waals surface area contributed by atoms with Crippen LogP contribution in [-0.4, -0.2) is 9.55 Å². The van der Waals surface area contributed by atoms with Crippen LogP contribution in [0, 0.1) is 5.41 Å². The van der Waals surface area contributed by atoms with Crippen LogP contribution in [0.5, 0.6) is 0 Å². The molecule has 1 fully saturated rings. The average molecular weight is 370 g/mol. The standard InChI is InChI=1S/C17H22BrClN2/c1-11(19)16-20-14-7-6-12(18)9-15(14)21(16)13-5-4-8-17(2,3)10-13/h6-7,9,11,13H,4-5,8,10H2,1-3H3. The highest BCUT2D eigenvalue weighted by Crippen LogP contribution is 2.43. The molecule has 0 saturated heterocycles. The lowest BCUT2D eigenvalue weighted by molar-refractivity contribution is 0.183. The molecule has 2 aromatic rings. The average Bonchev–Trinajstić information content (AvgIpc) is 2.76. The lowest BCUT2D eigenvalue weighted by atomic mass is 9.75. The van der Waals surface area contributed by atoms with Crippen LogP contribution in [0.3, 0.4) is 0 Å². The van der Waals surface area contributed by atoms with Gasteiger partial charge in [0, 0.05) is 10.5 Å². The molecule has 0 radical (unpaired) electrons. The summed E-state index contributed by atoms with van der Waals surface area (Å²) in [5, 5.41) is -0.0683. The second-order valence-electron chi connectivity index (χ2n) is 7.00. The molecule has 1 aliphatic carbocycles. The summed E-state index contributed by atoms with van der Waals surface area (Å²) >= 11 is 10.0. The molecule has 3 rings (SSSR count). The van der Waals surface area contributed by atoms with Gasteiger partial charge < -0.3 is 4.57 Å². The number of benzene rings is 1. The fourth-order valence-electron chi connectivity index (χ4n) is 3.63. The summed E-state index contributed by atoms with van der Waals surface area (Å²) in [6, 6.07) is 6.80. The van der Waals surface area contributed by atoms with Gasteiger partial charge >= 0.3 is 0 Å². The second-order valence-corrected chi connectivity index (χ2v) is 8.57. The number of hydrogen-bond acceptors (Lipinski definition) is 1. The van der Waals surface area contributed by atoms with Crippen molar-refractivity contribution < 1.29 is 0 Å². The Bertz CT molecular complexity index is 660. The zero-order valence-corrected chi connectivity index (χ0v) is 15.2. The van der Waals surface area contributed by atoms with Crippen molar-refractivity contribution in [2.45, 2.75) is 57.9 Å². The van der Waals surface area contributed by atoms with Gasteiger partial charge in [-0.3, -0.25) is 0 Å². The van der Waals surface area contributed by atoms with Gasteiger partial charge in [-0.15, -0.1) is 11.6 Å². The van der Waals surface area contributed by atoms with Crippen molar-refractivity contribution in [3.8, 4) is 0 Å². The number of halogens is 2. The third-order valence-corrected chi connectivity index (χ3v) is 5.27. The molecule has 2 atom stereocenters. The van der Waals surface area contributed by atoms with E-state index in [2.05, 4.69) is 46.5 Å². The van der Waals surface area contributed by atoms with Crippen molar-refractivity contribution in [2.24, 2.45) is 5.41 Å². The van der Waals surface area contributed by atoms with E-state index in [-0.39, 0.29) is 5.38 Å². The summed E-state index contributed by atoms with van der Waals surface area (Å²) < 4.78 is 3.50. The zero-order chi connectivity index (χ0) is 15.2. The van der Waals surface area contributed by atoms with Crippen molar-refractivity contribution in [1.82, 2.24) is 9.55 Å². The van der Waals surface area contributed by atoms with Gasteiger partial charge in [-0.1, -0.05) is 36.2 Å². The fraction of sp³-hybridized carbons (Fsp3) is 0.588. The Labute approximate surface area is 140 Å². The van der Waals surface area contributed by atoms with Crippen molar-refractivity contribution in [3.05, 3.63) is 28.5 Å². The summed E-state index contributed by atoms with van der Waals surface area (Å²) in [6.07, 6.45) is 5.01. The molecule has 0 aliphatic heterocycles. The first kappa shape index (κ1) is 15.4. The van der Waals surface area contributed by atoms with E-state index in [1.807, 2.05) is 13.0 Å². The third kappa shape index (κ3) is 3.00. The van der Waals surface area contributed by atoms with Gasteiger partial charge in [0.25, 0.3) is 0 Å². The first-order valence-electron chi connectivity index (χ1n) is 7.69. The normalized spacial score (nSPS) is 23.4. The highest BCUT2D eigenvalue weighted by atomic mass is 79.9. The molecule has 114 valence electrons. The van der Waals surface area contributed by atoms with Gasteiger partial charge in [0.15, 0.2) is 0 Å². The molecule has 2 unspecified atom stereocenters. The van der Waals surface area contributed by atoms with E-state index in [4.69, 9.17) is 16.6 Å². The molecule has 4 heteroatoms. The summed E-state index contributed by atoms with van der Waals surface area (Å²) in [6.45, 7) is 6.76. The molecule has 1 aromatic heterocycles. The minimum absolute atomic E-state index is 0.0683. The Morgan fingerprint density at radius 1 is 1.43 bits per heavy atom. The molecular formula is C17H22BrClN2. The molecule has 1 aromatic carbocycles. The first-order chi connectivity index (χ1) is 9.87. The van der Waals surface area contributed by atoms with E-state index in [0.29, 0.717) is 11.5 Å². The Hall–Kier alpha value is -0.540. The van der Waals surface area contributed by atoms with Gasteiger partial charge in [0.05, 0.1) is 16.4 Å². The lowest BCUT2D eigenvalue weighted by Crippen LogP contribution is -2.26. The number of aromatic nitrogens is 2. The number of fused-ring (bicyclic) bond motifs is 1. The predicted octanol–water partition coefficient (Wildman–Crippen LogP) is 6.24. The summed E-state index contributed by atoms with van der Waals surface area (Å²) in [5.74, 6) is 1.01. The summed E-state index contributed by atoms with van der Waals surface area (Å²) in [4.78, 5) is 4.79. The van der Waals surface area contributed by atoms with E-state index in [1.165, 1.54) is 31.2 Å². The van der Waals surface area contributed by atoms with Crippen molar-refractivity contribution in [3.63, 3.8) is 0 Å². The Kier molecular flexibility index (Phi) is 4.08. The highest BCUT2D eigenvalue weighted by Gasteiger charge is 2.31. The predicted molar refractivity (Wildman–Crippen MR) is 93.0 cm³/mol. The topological polar surface area (TPSA) is 17.8 Å². The number of nitrogens with zero attached hydrogens (tertiary/aromatic N) is 2. The van der Waals surface area contributed by atoms with Gasteiger partial charge in [0.1, 0.15) is 5.82 Å². The van der Waals surface area contributed by atoms with Crippen LogP contribution < -0.4 is 0 Å². The van der Waals surface area contributed by atoms with Crippen LogP contribution in [0.1, 0.15) is 63.7 Å². The van der Waals surface area contributed by atoms with Crippen LogP contribution in [0.4, 0.5) is 0 Å². The Morgan fingerprint density at radius 2 is 2.19 bits per heavy atom. The second kappa shape index (κ2) is 5.58. The summed E-state index contributed by atoms with van der Waals surface area (Å²) in [5.41, 5.74) is 2.65. The Morgan fingerprint density at radius 3 is 2.86 bits per heavy atom. The number of hydrogen-bond donors (Lipinski definition) is 0. The minimum Gasteiger partial charge on any atom is -0.324 e. The molecule has 0 N–H and O–H groups in total. The number of imidazole rings is 1. The maximum Gasteiger partial charge on any atom is 0.127 e. The number of rotatable bonds is 2. The zero-order valence-electron chi connectivity index (χ0n) is 12.9. The van der Waals surface area contributed by atoms with Gasteiger partial charge in [-0.2, -0.15) is 0 Å². The van der Waals surface area contributed by atoms with Crippen molar-refractivity contribution >= 4 is 38.6 Å². The maximum atomic E-state index is 6.41. The van der Waals surface area contributed by atoms with E-state index < -0.39 is 0 Å². The molecule has 0 amide bonds. The minimum atomic E-state index is -0.0683. The lowest BCUT2D eigenvalue weighted by Gasteiger charge is -2.37. The van der Waals surface area contributed by atoms with Gasteiger partial charge in [-0.25, -0.2) is 4.98 Å². The molecular weight excluding hydrogens is 348 g/mol. The SMILES string of the molecule is CC(Cl)c1nc2ccc(Br)cc2n1C1CCCC(C)(C)C1. The monoisotopic (exact) mass is 368 g/mol. The van der Waals surface area contributed by atoms with Crippen molar-refractivity contribution in [1.29, 1.82) is 0 Å². The molecule has 1 heterocycles. The van der Waals surface area contributed by atoms with Crippen molar-refractivity contribution in [2.75, 3.05) is 0 Å². The van der Waals surface area contributed by atoms with Crippen LogP contribution in [-0.2, 0) is 0 Å². The van der Waals surface area contributed by atoms with E-state index in [1.54, 1.807) is 0 Å². The highest BCUT2D eigenvalue weighted by molar-refractivity contribution is 9.10. The largest absolute Gasteiger partial charge is 0.324 e. The summed E-state index contributed by atoms with van der Waals surface area (Å²) in [7, 11) is 0. The first-order valence-corrected chi connectivity index (χ1v) is 8.92. The molecule has 21 heavy (non-hydrogen) atoms. The maximum absolute atomic E-state index is 6.41. The van der Waals surface area contributed by atoms with E-state index in [9.17, 15) is 0 Å². The Balaban J connectivity index is 2.14. The molecule has 2 nitrogen and oxygen atoms in total. The molecule has 1 aliphatic rings. The molecule has 1 saturated carbocycles. The van der Waals surface area contributed by atoms with Crippen LogP contribution in [0.15, 0.2) is 22.7 Å². The van der Waals surface area contributed by atoms with E-state index in [0.717, 1.165) is 15.8 Å². The number of alkyl halides is 1. The van der Waals surface area contributed by atoms with Crippen LogP contribution in [0.2, 0.25) is 0 Å².